The van der Waals surface area contributed by atoms with Crippen LogP contribution in [0.3, 0.4) is 0 Å². The number of fused-ring (bicyclic) bond motifs is 1. The molecule has 2 rings (SSSR count). The van der Waals surface area contributed by atoms with Crippen LogP contribution in [0.25, 0.3) is 0 Å². The monoisotopic (exact) mass is 233 g/mol. The van der Waals surface area contributed by atoms with Gasteiger partial charge in [-0.15, -0.1) is 0 Å². The second-order valence-corrected chi connectivity index (χ2v) is 4.65. The molecule has 0 spiro atoms. The lowest BCUT2D eigenvalue weighted by molar-refractivity contribution is -0.117. The Balaban J connectivity index is 2.19. The molecule has 0 fully saturated rings. The van der Waals surface area contributed by atoms with E-state index in [9.17, 15) is 4.79 Å². The van der Waals surface area contributed by atoms with Crippen molar-refractivity contribution in [2.45, 2.75) is 25.8 Å². The molecule has 1 aromatic carbocycles. The molecule has 1 heterocycles. The number of anilines is 2. The zero-order valence-electron chi connectivity index (χ0n) is 10.4. The van der Waals surface area contributed by atoms with Crippen molar-refractivity contribution in [1.29, 1.82) is 0 Å². The van der Waals surface area contributed by atoms with Crippen molar-refractivity contribution in [1.82, 2.24) is 0 Å². The van der Waals surface area contributed by atoms with Crippen LogP contribution in [0.2, 0.25) is 0 Å². The van der Waals surface area contributed by atoms with E-state index >= 15 is 0 Å². The highest BCUT2D eigenvalue weighted by Crippen LogP contribution is 2.28. The number of nitrogens with zero attached hydrogens (tertiary/aromatic N) is 1. The smallest absolute Gasteiger partial charge is 0.240 e. The summed E-state index contributed by atoms with van der Waals surface area (Å²) in [5.41, 5.74) is 8.91. The molecule has 4 heteroatoms. The normalized spacial score (nSPS) is 16.3. The van der Waals surface area contributed by atoms with Crippen LogP contribution >= 0.6 is 0 Å². The van der Waals surface area contributed by atoms with E-state index in [0.717, 1.165) is 25.1 Å². The van der Waals surface area contributed by atoms with E-state index in [1.54, 1.807) is 6.92 Å². The molecule has 0 saturated carbocycles. The number of hydrogen-bond acceptors (Lipinski definition) is 3. The standard InChI is InChI=1S/C13H19N3O/c1-9(14)13(17)15-11-5-6-12-10(8-11)4-3-7-16(12)2/h5-6,8-9H,3-4,7,14H2,1-2H3,(H,15,17)/t9-/m0/s1. The lowest BCUT2D eigenvalue weighted by Gasteiger charge is -2.27. The zero-order valence-corrected chi connectivity index (χ0v) is 10.4. The fourth-order valence-corrected chi connectivity index (χ4v) is 2.12. The lowest BCUT2D eigenvalue weighted by atomic mass is 10.0. The molecule has 0 saturated heterocycles. The number of carbonyl (C=O) groups is 1. The van der Waals surface area contributed by atoms with E-state index in [-0.39, 0.29) is 5.91 Å². The predicted molar refractivity (Wildman–Crippen MR) is 70.3 cm³/mol. The van der Waals surface area contributed by atoms with Crippen molar-refractivity contribution in [2.75, 3.05) is 23.8 Å². The predicted octanol–water partition coefficient (Wildman–Crippen LogP) is 1.35. The number of hydrogen-bond donors (Lipinski definition) is 2. The third kappa shape index (κ3) is 2.58. The number of amides is 1. The van der Waals surface area contributed by atoms with E-state index in [1.807, 2.05) is 12.1 Å². The molecule has 92 valence electrons. The number of benzene rings is 1. The Kier molecular flexibility index (Phi) is 3.33. The van der Waals surface area contributed by atoms with E-state index in [2.05, 4.69) is 23.3 Å². The van der Waals surface area contributed by atoms with E-state index in [0.29, 0.717) is 0 Å². The molecule has 1 aromatic rings. The molecule has 0 aliphatic carbocycles. The third-order valence-corrected chi connectivity index (χ3v) is 3.11. The molecule has 1 atom stereocenters. The van der Waals surface area contributed by atoms with E-state index < -0.39 is 6.04 Å². The summed E-state index contributed by atoms with van der Waals surface area (Å²) in [6.07, 6.45) is 2.23. The van der Waals surface area contributed by atoms with Gasteiger partial charge in [-0.3, -0.25) is 4.79 Å². The maximum absolute atomic E-state index is 11.5. The first kappa shape index (κ1) is 11.9. The second kappa shape index (κ2) is 4.75. The van der Waals surface area contributed by atoms with Gasteiger partial charge in [0.1, 0.15) is 0 Å². The first-order valence-corrected chi connectivity index (χ1v) is 5.98. The average Bonchev–Trinajstić information content (AvgIpc) is 2.29. The van der Waals surface area contributed by atoms with Crippen LogP contribution in [-0.2, 0) is 11.2 Å². The Labute approximate surface area is 102 Å². The molecular weight excluding hydrogens is 214 g/mol. The van der Waals surface area contributed by atoms with Crippen LogP contribution < -0.4 is 16.0 Å². The minimum Gasteiger partial charge on any atom is -0.374 e. The Hall–Kier alpha value is -1.55. The molecule has 1 aliphatic heterocycles. The summed E-state index contributed by atoms with van der Waals surface area (Å²) in [6, 6.07) is 5.56. The highest BCUT2D eigenvalue weighted by molar-refractivity contribution is 5.94. The molecule has 0 radical (unpaired) electrons. The van der Waals surface area contributed by atoms with Gasteiger partial charge in [0, 0.05) is 25.0 Å². The number of nitrogens with one attached hydrogen (secondary N) is 1. The van der Waals surface area contributed by atoms with Crippen molar-refractivity contribution in [2.24, 2.45) is 5.73 Å². The summed E-state index contributed by atoms with van der Waals surface area (Å²) in [5.74, 6) is -0.144. The fraction of sp³-hybridized carbons (Fsp3) is 0.462. The van der Waals surface area contributed by atoms with Gasteiger partial charge in [-0.2, -0.15) is 0 Å². The van der Waals surface area contributed by atoms with Gasteiger partial charge in [-0.05, 0) is 43.5 Å². The topological polar surface area (TPSA) is 58.4 Å². The largest absolute Gasteiger partial charge is 0.374 e. The van der Waals surface area contributed by atoms with Crippen molar-refractivity contribution in [3.05, 3.63) is 23.8 Å². The first-order chi connectivity index (χ1) is 8.08. The van der Waals surface area contributed by atoms with Crippen LogP contribution in [0, 0.1) is 0 Å². The van der Waals surface area contributed by atoms with Gasteiger partial charge in [-0.1, -0.05) is 0 Å². The van der Waals surface area contributed by atoms with Crippen LogP contribution in [0.5, 0.6) is 0 Å². The Morgan fingerprint density at radius 3 is 3.00 bits per heavy atom. The van der Waals surface area contributed by atoms with Crippen LogP contribution in [0.4, 0.5) is 11.4 Å². The summed E-state index contributed by atoms with van der Waals surface area (Å²) in [5, 5.41) is 2.82. The van der Waals surface area contributed by atoms with Crippen molar-refractivity contribution in [3.63, 3.8) is 0 Å². The van der Waals surface area contributed by atoms with Gasteiger partial charge in [-0.25, -0.2) is 0 Å². The van der Waals surface area contributed by atoms with E-state index in [1.165, 1.54) is 11.3 Å². The maximum atomic E-state index is 11.5. The molecule has 3 N–H and O–H groups in total. The molecule has 4 nitrogen and oxygen atoms in total. The second-order valence-electron chi connectivity index (χ2n) is 4.65. The van der Waals surface area contributed by atoms with Crippen LogP contribution in [0.15, 0.2) is 18.2 Å². The minimum absolute atomic E-state index is 0.144. The van der Waals surface area contributed by atoms with Crippen molar-refractivity contribution < 1.29 is 4.79 Å². The molecule has 17 heavy (non-hydrogen) atoms. The number of nitrogens with two attached hydrogens (primary N) is 1. The third-order valence-electron chi connectivity index (χ3n) is 3.11. The minimum atomic E-state index is -0.478. The van der Waals surface area contributed by atoms with Crippen LogP contribution in [0.1, 0.15) is 18.9 Å². The SMILES string of the molecule is C[C@H](N)C(=O)Nc1ccc2c(c1)CCCN2C. The lowest BCUT2D eigenvalue weighted by Crippen LogP contribution is -2.32. The van der Waals surface area contributed by atoms with E-state index in [4.69, 9.17) is 5.73 Å². The molecule has 0 aromatic heterocycles. The average molecular weight is 233 g/mol. The molecule has 0 unspecified atom stereocenters. The molecule has 1 amide bonds. The Bertz CT molecular complexity index is 429. The summed E-state index contributed by atoms with van der Waals surface area (Å²) in [4.78, 5) is 13.7. The zero-order chi connectivity index (χ0) is 12.4. The van der Waals surface area contributed by atoms with Gasteiger partial charge in [0.05, 0.1) is 6.04 Å². The molecular formula is C13H19N3O. The van der Waals surface area contributed by atoms with Gasteiger partial charge in [0.15, 0.2) is 0 Å². The number of carbonyl (C=O) groups excluding carboxylic acids is 1. The Morgan fingerprint density at radius 2 is 2.29 bits per heavy atom. The number of aryl methyl sites for hydroxylation is 1. The summed E-state index contributed by atoms with van der Waals surface area (Å²) in [7, 11) is 2.10. The molecule has 0 bridgehead atoms. The van der Waals surface area contributed by atoms with Crippen LogP contribution in [-0.4, -0.2) is 25.5 Å². The molecule has 1 aliphatic rings. The quantitative estimate of drug-likeness (QED) is 0.810. The van der Waals surface area contributed by atoms with Gasteiger partial charge >= 0.3 is 0 Å². The summed E-state index contributed by atoms with van der Waals surface area (Å²) >= 11 is 0. The number of rotatable bonds is 2. The summed E-state index contributed by atoms with van der Waals surface area (Å²) in [6.45, 7) is 2.78. The Morgan fingerprint density at radius 1 is 1.53 bits per heavy atom. The highest BCUT2D eigenvalue weighted by atomic mass is 16.2. The summed E-state index contributed by atoms with van der Waals surface area (Å²) < 4.78 is 0. The van der Waals surface area contributed by atoms with Gasteiger partial charge in [0.2, 0.25) is 5.91 Å². The van der Waals surface area contributed by atoms with Gasteiger partial charge in [0.25, 0.3) is 0 Å². The van der Waals surface area contributed by atoms with Gasteiger partial charge < -0.3 is 16.0 Å². The maximum Gasteiger partial charge on any atom is 0.240 e. The fourth-order valence-electron chi connectivity index (χ4n) is 2.12. The highest BCUT2D eigenvalue weighted by Gasteiger charge is 2.14. The first-order valence-electron chi connectivity index (χ1n) is 5.98. The van der Waals surface area contributed by atoms with Crippen molar-refractivity contribution >= 4 is 17.3 Å². The van der Waals surface area contributed by atoms with Crippen molar-refractivity contribution in [3.8, 4) is 0 Å².